The molecular formula is C9H13N5O2. The monoisotopic (exact) mass is 223 g/mol. The minimum absolute atomic E-state index is 0.292. The fourth-order valence-electron chi connectivity index (χ4n) is 1.07. The number of ether oxygens (including phenoxy) is 1. The molecule has 0 spiro atoms. The van der Waals surface area contributed by atoms with Crippen LogP contribution in [0.15, 0.2) is 23.8 Å². The molecule has 0 atom stereocenters. The van der Waals surface area contributed by atoms with Gasteiger partial charge < -0.3 is 4.74 Å². The van der Waals surface area contributed by atoms with E-state index in [1.165, 1.54) is 23.3 Å². The molecule has 0 radical (unpaired) electrons. The van der Waals surface area contributed by atoms with Crippen LogP contribution in [-0.2, 0) is 4.74 Å². The van der Waals surface area contributed by atoms with Gasteiger partial charge in [0.05, 0.1) is 0 Å². The number of imidazole rings is 1. The third-order valence-electron chi connectivity index (χ3n) is 1.96. The first-order valence-corrected chi connectivity index (χ1v) is 4.77. The van der Waals surface area contributed by atoms with Crippen LogP contribution in [0.25, 0.3) is 10.4 Å². The van der Waals surface area contributed by atoms with E-state index in [0.717, 1.165) is 0 Å². The van der Waals surface area contributed by atoms with Gasteiger partial charge in [-0.15, -0.1) is 0 Å². The smallest absolute Gasteiger partial charge is 0.419 e. The summed E-state index contributed by atoms with van der Waals surface area (Å²) < 4.78 is 6.47. The van der Waals surface area contributed by atoms with Crippen LogP contribution < -0.4 is 0 Å². The molecule has 0 amide bonds. The Morgan fingerprint density at radius 3 is 3.00 bits per heavy atom. The van der Waals surface area contributed by atoms with Crippen molar-refractivity contribution >= 4 is 6.09 Å². The minimum atomic E-state index is -0.671. The topological polar surface area (TPSA) is 92.9 Å². The highest BCUT2D eigenvalue weighted by atomic mass is 16.6. The van der Waals surface area contributed by atoms with Crippen molar-refractivity contribution in [3.8, 4) is 0 Å². The summed E-state index contributed by atoms with van der Waals surface area (Å²) >= 11 is 0. The molecule has 16 heavy (non-hydrogen) atoms. The van der Waals surface area contributed by atoms with Crippen LogP contribution in [0.3, 0.4) is 0 Å². The predicted octanol–water partition coefficient (Wildman–Crippen LogP) is 2.35. The zero-order chi connectivity index (χ0) is 12.0. The van der Waals surface area contributed by atoms with Crippen LogP contribution in [0.2, 0.25) is 0 Å². The van der Waals surface area contributed by atoms with Crippen molar-refractivity contribution < 1.29 is 9.53 Å². The molecule has 0 saturated carbocycles. The Balaban J connectivity index is 2.52. The number of azide groups is 1. The van der Waals surface area contributed by atoms with Crippen LogP contribution in [0.4, 0.5) is 4.79 Å². The van der Waals surface area contributed by atoms with Gasteiger partial charge in [0.25, 0.3) is 0 Å². The number of nitrogens with zero attached hydrogens (tertiary/aromatic N) is 5. The first kappa shape index (κ1) is 12.1. The third-order valence-corrected chi connectivity index (χ3v) is 1.96. The lowest BCUT2D eigenvalue weighted by molar-refractivity contribution is 0.0354. The molecule has 1 rings (SSSR count). The molecular weight excluding hydrogens is 210 g/mol. The van der Waals surface area contributed by atoms with Crippen molar-refractivity contribution in [3.63, 3.8) is 0 Å². The first-order valence-electron chi connectivity index (χ1n) is 4.77. The van der Waals surface area contributed by atoms with E-state index in [1.807, 2.05) is 0 Å². The Bertz CT molecular complexity index is 392. The molecule has 0 aliphatic carbocycles. The summed E-state index contributed by atoms with van der Waals surface area (Å²) in [5.74, 6) is 0. The Morgan fingerprint density at radius 2 is 2.44 bits per heavy atom. The molecule has 1 aromatic heterocycles. The fraction of sp³-hybridized carbons (Fsp3) is 0.556. The Labute approximate surface area is 92.7 Å². The molecule has 0 unspecified atom stereocenters. The molecule has 86 valence electrons. The molecule has 1 heterocycles. The number of hydrogen-bond acceptors (Lipinski definition) is 4. The van der Waals surface area contributed by atoms with Gasteiger partial charge in [-0.1, -0.05) is 5.11 Å². The largest absolute Gasteiger partial charge is 0.443 e. The zero-order valence-electron chi connectivity index (χ0n) is 9.20. The highest BCUT2D eigenvalue weighted by Crippen LogP contribution is 2.15. The van der Waals surface area contributed by atoms with Gasteiger partial charge in [0.15, 0.2) is 0 Å². The van der Waals surface area contributed by atoms with Gasteiger partial charge in [-0.05, 0) is 25.8 Å². The van der Waals surface area contributed by atoms with E-state index in [0.29, 0.717) is 13.0 Å². The third kappa shape index (κ3) is 3.62. The van der Waals surface area contributed by atoms with E-state index in [4.69, 9.17) is 10.3 Å². The minimum Gasteiger partial charge on any atom is -0.443 e. The number of hydrogen-bond donors (Lipinski definition) is 0. The lowest BCUT2D eigenvalue weighted by Crippen LogP contribution is -2.30. The summed E-state index contributed by atoms with van der Waals surface area (Å²) in [6.45, 7) is 3.81. The van der Waals surface area contributed by atoms with E-state index in [2.05, 4.69) is 15.0 Å². The van der Waals surface area contributed by atoms with Crippen LogP contribution in [-0.4, -0.2) is 27.8 Å². The van der Waals surface area contributed by atoms with Crippen molar-refractivity contribution in [2.45, 2.75) is 25.9 Å². The summed E-state index contributed by atoms with van der Waals surface area (Å²) in [5.41, 5.74) is 7.46. The molecule has 0 saturated heterocycles. The van der Waals surface area contributed by atoms with Crippen molar-refractivity contribution in [1.29, 1.82) is 0 Å². The quantitative estimate of drug-likeness (QED) is 0.445. The fourth-order valence-corrected chi connectivity index (χ4v) is 1.07. The number of carbonyl (C=O) groups excluding carboxylic acids is 1. The number of rotatable bonds is 4. The van der Waals surface area contributed by atoms with Gasteiger partial charge in [-0.2, -0.15) is 0 Å². The lowest BCUT2D eigenvalue weighted by atomic mass is 10.1. The van der Waals surface area contributed by atoms with E-state index in [-0.39, 0.29) is 0 Å². The average molecular weight is 223 g/mol. The summed E-state index contributed by atoms with van der Waals surface area (Å²) in [6, 6.07) is 0. The van der Waals surface area contributed by atoms with Gasteiger partial charge >= 0.3 is 6.09 Å². The molecule has 0 aromatic carbocycles. The summed E-state index contributed by atoms with van der Waals surface area (Å²) in [4.78, 5) is 17.9. The molecule has 0 bridgehead atoms. The van der Waals surface area contributed by atoms with Crippen LogP contribution in [0.1, 0.15) is 20.3 Å². The molecule has 0 aliphatic heterocycles. The molecule has 0 N–H and O–H groups in total. The summed E-state index contributed by atoms with van der Waals surface area (Å²) in [5, 5.41) is 3.40. The maximum Gasteiger partial charge on any atom is 0.419 e. The SMILES string of the molecule is CC(C)(CCN=[N+]=[N-])OC(=O)n1ccnc1. The van der Waals surface area contributed by atoms with E-state index in [1.54, 1.807) is 13.8 Å². The molecule has 0 fully saturated rings. The average Bonchev–Trinajstić information content (AvgIpc) is 2.69. The number of aromatic nitrogens is 2. The van der Waals surface area contributed by atoms with Crippen molar-refractivity contribution in [2.75, 3.05) is 6.54 Å². The summed E-state index contributed by atoms with van der Waals surface area (Å²) in [7, 11) is 0. The van der Waals surface area contributed by atoms with Gasteiger partial charge in [0.2, 0.25) is 0 Å². The molecule has 7 heteroatoms. The predicted molar refractivity (Wildman–Crippen MR) is 56.8 cm³/mol. The van der Waals surface area contributed by atoms with Crippen molar-refractivity contribution in [2.24, 2.45) is 5.11 Å². The standard InChI is InChI=1S/C9H13N5O2/c1-9(2,3-4-12-13-10)16-8(15)14-6-5-11-7-14/h5-7H,3-4H2,1-2H3. The second-order valence-electron chi connectivity index (χ2n) is 3.80. The van der Waals surface area contributed by atoms with Crippen LogP contribution in [0, 0.1) is 0 Å². The van der Waals surface area contributed by atoms with E-state index >= 15 is 0 Å². The zero-order valence-corrected chi connectivity index (χ0v) is 9.20. The van der Waals surface area contributed by atoms with Crippen LogP contribution >= 0.6 is 0 Å². The Kier molecular flexibility index (Phi) is 3.90. The normalized spacial score (nSPS) is 10.6. The Hall–Kier alpha value is -2.01. The highest BCUT2D eigenvalue weighted by Gasteiger charge is 2.22. The molecule has 0 aliphatic rings. The Morgan fingerprint density at radius 1 is 1.69 bits per heavy atom. The number of carbonyl (C=O) groups is 1. The van der Waals surface area contributed by atoms with Crippen molar-refractivity contribution in [1.82, 2.24) is 9.55 Å². The van der Waals surface area contributed by atoms with Gasteiger partial charge in [-0.3, -0.25) is 0 Å². The second kappa shape index (κ2) is 5.18. The van der Waals surface area contributed by atoms with Crippen LogP contribution in [0.5, 0.6) is 0 Å². The molecule has 1 aromatic rings. The molecule has 7 nitrogen and oxygen atoms in total. The van der Waals surface area contributed by atoms with E-state index < -0.39 is 11.7 Å². The van der Waals surface area contributed by atoms with Crippen molar-refractivity contribution in [3.05, 3.63) is 29.2 Å². The van der Waals surface area contributed by atoms with Gasteiger partial charge in [0, 0.05) is 23.9 Å². The lowest BCUT2D eigenvalue weighted by Gasteiger charge is -2.24. The highest BCUT2D eigenvalue weighted by molar-refractivity contribution is 5.70. The van der Waals surface area contributed by atoms with Gasteiger partial charge in [0.1, 0.15) is 11.9 Å². The summed E-state index contributed by atoms with van der Waals surface area (Å²) in [6.07, 6.45) is 4.34. The van der Waals surface area contributed by atoms with Gasteiger partial charge in [-0.25, -0.2) is 14.3 Å². The maximum absolute atomic E-state index is 11.6. The second-order valence-corrected chi connectivity index (χ2v) is 3.80. The van der Waals surface area contributed by atoms with E-state index in [9.17, 15) is 4.79 Å². The first-order chi connectivity index (χ1) is 7.55. The maximum atomic E-state index is 11.6.